The monoisotopic (exact) mass is 398 g/mol. The molecule has 9 nitrogen and oxygen atoms in total. The summed E-state index contributed by atoms with van der Waals surface area (Å²) in [5.41, 5.74) is 1.48. The number of hydrogen-bond donors (Lipinski definition) is 2. The molecule has 0 saturated carbocycles. The Kier molecular flexibility index (Phi) is 7.48. The first-order valence-electron chi connectivity index (χ1n) is 8.94. The molecule has 9 heteroatoms. The molecule has 2 rings (SSSR count). The summed E-state index contributed by atoms with van der Waals surface area (Å²) in [4.78, 5) is 41.9. The summed E-state index contributed by atoms with van der Waals surface area (Å²) in [5.74, 6) is -0.835. The van der Waals surface area contributed by atoms with Crippen LogP contribution in [-0.4, -0.2) is 42.2 Å². The second-order valence-electron chi connectivity index (χ2n) is 6.27. The number of allylic oxidation sites excluding steroid dienone is 2. The first-order chi connectivity index (χ1) is 13.8. The van der Waals surface area contributed by atoms with Crippen LogP contribution in [0.5, 0.6) is 0 Å². The lowest BCUT2D eigenvalue weighted by molar-refractivity contribution is -0.141. The number of nitrogens with zero attached hydrogens (tertiary/aromatic N) is 2. The molecular weight excluding hydrogens is 376 g/mol. The predicted molar refractivity (Wildman–Crippen MR) is 106 cm³/mol. The van der Waals surface area contributed by atoms with Crippen LogP contribution in [0.2, 0.25) is 0 Å². The van der Waals surface area contributed by atoms with E-state index in [1.807, 2.05) is 19.1 Å². The SMILES string of the molecule is COC(=O)CN/C(CCCOC(C)=O)=C(/C#N)c1nc2ccc(C)cc2c(=O)[nH]1. The van der Waals surface area contributed by atoms with Gasteiger partial charge < -0.3 is 19.8 Å². The topological polar surface area (TPSA) is 134 Å². The second-order valence-corrected chi connectivity index (χ2v) is 6.27. The molecule has 0 aliphatic carbocycles. The zero-order valence-electron chi connectivity index (χ0n) is 16.5. The Hall–Kier alpha value is -3.67. The highest BCUT2D eigenvalue weighted by Crippen LogP contribution is 2.18. The van der Waals surface area contributed by atoms with Gasteiger partial charge in [-0.2, -0.15) is 5.26 Å². The van der Waals surface area contributed by atoms with Crippen LogP contribution in [-0.2, 0) is 19.1 Å². The van der Waals surface area contributed by atoms with Crippen molar-refractivity contribution in [3.8, 4) is 6.07 Å². The Labute approximate surface area is 167 Å². The van der Waals surface area contributed by atoms with Gasteiger partial charge in [-0.1, -0.05) is 11.6 Å². The van der Waals surface area contributed by atoms with Crippen LogP contribution in [0.3, 0.4) is 0 Å². The van der Waals surface area contributed by atoms with Crippen LogP contribution in [0.4, 0.5) is 0 Å². The molecule has 0 unspecified atom stereocenters. The van der Waals surface area contributed by atoms with E-state index in [0.717, 1.165) is 5.56 Å². The number of ether oxygens (including phenoxy) is 2. The number of nitriles is 1. The number of nitrogens with one attached hydrogen (secondary N) is 2. The predicted octanol–water partition coefficient (Wildman–Crippen LogP) is 1.57. The third kappa shape index (κ3) is 5.90. The van der Waals surface area contributed by atoms with Crippen LogP contribution < -0.4 is 10.9 Å². The summed E-state index contributed by atoms with van der Waals surface area (Å²) >= 11 is 0. The number of carbonyl (C=O) groups excluding carboxylic acids is 2. The molecule has 152 valence electrons. The number of H-pyrrole nitrogens is 1. The van der Waals surface area contributed by atoms with E-state index >= 15 is 0 Å². The van der Waals surface area contributed by atoms with E-state index in [4.69, 9.17) is 4.74 Å². The minimum atomic E-state index is -0.518. The maximum Gasteiger partial charge on any atom is 0.325 e. The van der Waals surface area contributed by atoms with Gasteiger partial charge in [0.1, 0.15) is 18.2 Å². The molecule has 1 heterocycles. The Morgan fingerprint density at radius 3 is 2.76 bits per heavy atom. The fourth-order valence-corrected chi connectivity index (χ4v) is 2.65. The summed E-state index contributed by atoms with van der Waals surface area (Å²) in [6.07, 6.45) is 0.702. The molecule has 0 aliphatic rings. The quantitative estimate of drug-likeness (QED) is 0.389. The number of benzene rings is 1. The normalized spacial score (nSPS) is 11.4. The highest BCUT2D eigenvalue weighted by Gasteiger charge is 2.15. The molecule has 1 aromatic heterocycles. The minimum absolute atomic E-state index is 0.0914. The Morgan fingerprint density at radius 2 is 2.10 bits per heavy atom. The fraction of sp³-hybridized carbons (Fsp3) is 0.350. The molecule has 2 aromatic rings. The zero-order valence-corrected chi connectivity index (χ0v) is 16.5. The maximum atomic E-state index is 12.5. The Bertz CT molecular complexity index is 1050. The number of rotatable bonds is 8. The van der Waals surface area contributed by atoms with Crippen LogP contribution in [0.25, 0.3) is 16.5 Å². The van der Waals surface area contributed by atoms with Gasteiger partial charge in [-0.15, -0.1) is 0 Å². The van der Waals surface area contributed by atoms with E-state index in [1.54, 1.807) is 12.1 Å². The lowest BCUT2D eigenvalue weighted by atomic mass is 10.1. The van der Waals surface area contributed by atoms with Crippen molar-refractivity contribution in [2.45, 2.75) is 26.7 Å². The highest BCUT2D eigenvalue weighted by atomic mass is 16.5. The third-order valence-corrected chi connectivity index (χ3v) is 4.06. The van der Waals surface area contributed by atoms with Crippen molar-refractivity contribution in [3.63, 3.8) is 0 Å². The van der Waals surface area contributed by atoms with Gasteiger partial charge in [-0.05, 0) is 31.9 Å². The summed E-state index contributed by atoms with van der Waals surface area (Å²) in [6, 6.07) is 7.29. The Balaban J connectivity index is 2.44. The van der Waals surface area contributed by atoms with Gasteiger partial charge in [-0.25, -0.2) is 4.98 Å². The summed E-state index contributed by atoms with van der Waals surface area (Å²) in [5, 5.41) is 13.0. The molecule has 0 saturated heterocycles. The molecule has 0 radical (unpaired) electrons. The number of aromatic nitrogens is 2. The van der Waals surface area contributed by atoms with E-state index in [9.17, 15) is 19.6 Å². The summed E-state index contributed by atoms with van der Waals surface area (Å²) in [6.45, 7) is 3.16. The molecule has 0 fully saturated rings. The summed E-state index contributed by atoms with van der Waals surface area (Å²) in [7, 11) is 1.25. The van der Waals surface area contributed by atoms with Gasteiger partial charge in [0.15, 0.2) is 5.82 Å². The van der Waals surface area contributed by atoms with Gasteiger partial charge >= 0.3 is 11.9 Å². The first kappa shape index (κ1) is 21.6. The molecule has 2 N–H and O–H groups in total. The van der Waals surface area contributed by atoms with E-state index < -0.39 is 11.9 Å². The average molecular weight is 398 g/mol. The van der Waals surface area contributed by atoms with Crippen molar-refractivity contribution in [2.24, 2.45) is 0 Å². The van der Waals surface area contributed by atoms with Crippen molar-refractivity contribution in [3.05, 3.63) is 45.6 Å². The van der Waals surface area contributed by atoms with Crippen molar-refractivity contribution in [1.29, 1.82) is 5.26 Å². The standard InChI is InChI=1S/C20H22N4O5/c1-12-6-7-17-14(9-12)20(27)24-19(23-17)15(10-21)16(22-11-18(26)28-3)5-4-8-29-13(2)25/h6-7,9,22H,4-5,8,11H2,1-3H3,(H,23,24,27)/b16-15-. The number of fused-ring (bicyclic) bond motifs is 1. The number of aromatic amines is 1. The van der Waals surface area contributed by atoms with Gasteiger partial charge in [0.05, 0.1) is 24.6 Å². The number of methoxy groups -OCH3 is 1. The molecule has 0 amide bonds. The molecule has 29 heavy (non-hydrogen) atoms. The second kappa shape index (κ2) is 10.0. The van der Waals surface area contributed by atoms with Crippen molar-refractivity contribution in [2.75, 3.05) is 20.3 Å². The van der Waals surface area contributed by atoms with E-state index in [1.165, 1.54) is 14.0 Å². The molecule has 0 spiro atoms. The number of carbonyl (C=O) groups is 2. The lowest BCUT2D eigenvalue weighted by Gasteiger charge is -2.13. The van der Waals surface area contributed by atoms with Crippen molar-refractivity contribution >= 4 is 28.4 Å². The Morgan fingerprint density at radius 1 is 1.34 bits per heavy atom. The average Bonchev–Trinajstić information content (AvgIpc) is 2.69. The molecular formula is C20H22N4O5. The highest BCUT2D eigenvalue weighted by molar-refractivity contribution is 5.83. The first-order valence-corrected chi connectivity index (χ1v) is 8.94. The number of aryl methyl sites for hydroxylation is 1. The molecule has 0 atom stereocenters. The van der Waals surface area contributed by atoms with Gasteiger partial charge in [0.25, 0.3) is 5.56 Å². The molecule has 1 aromatic carbocycles. The largest absolute Gasteiger partial charge is 0.468 e. The van der Waals surface area contributed by atoms with Crippen LogP contribution in [0.1, 0.15) is 31.2 Å². The van der Waals surface area contributed by atoms with Gasteiger partial charge in [0, 0.05) is 12.6 Å². The lowest BCUT2D eigenvalue weighted by Crippen LogP contribution is -2.25. The smallest absolute Gasteiger partial charge is 0.325 e. The van der Waals surface area contributed by atoms with E-state index in [-0.39, 0.29) is 30.1 Å². The molecule has 0 aliphatic heterocycles. The van der Waals surface area contributed by atoms with Crippen LogP contribution >= 0.6 is 0 Å². The number of hydrogen-bond acceptors (Lipinski definition) is 8. The van der Waals surface area contributed by atoms with Crippen molar-refractivity contribution in [1.82, 2.24) is 15.3 Å². The summed E-state index contributed by atoms with van der Waals surface area (Å²) < 4.78 is 9.52. The van der Waals surface area contributed by atoms with Crippen LogP contribution in [0, 0.1) is 18.3 Å². The zero-order chi connectivity index (χ0) is 21.4. The van der Waals surface area contributed by atoms with E-state index in [0.29, 0.717) is 29.4 Å². The number of esters is 2. The molecule has 0 bridgehead atoms. The van der Waals surface area contributed by atoms with Crippen LogP contribution in [0.15, 0.2) is 28.7 Å². The maximum absolute atomic E-state index is 12.5. The fourth-order valence-electron chi connectivity index (χ4n) is 2.65. The van der Waals surface area contributed by atoms with E-state index in [2.05, 4.69) is 20.0 Å². The third-order valence-electron chi connectivity index (χ3n) is 4.06. The van der Waals surface area contributed by atoms with Gasteiger partial charge in [-0.3, -0.25) is 14.4 Å². The van der Waals surface area contributed by atoms with Crippen molar-refractivity contribution < 1.29 is 19.1 Å². The minimum Gasteiger partial charge on any atom is -0.468 e. The van der Waals surface area contributed by atoms with Gasteiger partial charge in [0.2, 0.25) is 0 Å².